The molecule has 98 valence electrons. The lowest BCUT2D eigenvalue weighted by molar-refractivity contribution is 0.215. The molecule has 1 aliphatic rings. The lowest BCUT2D eigenvalue weighted by Crippen LogP contribution is -2.03. The summed E-state index contributed by atoms with van der Waals surface area (Å²) in [5, 5.41) is 10.3. The summed E-state index contributed by atoms with van der Waals surface area (Å²) in [4.78, 5) is 0. The van der Waals surface area contributed by atoms with Gasteiger partial charge >= 0.3 is 0 Å². The first-order chi connectivity index (χ1) is 9.16. The molecular weight excluding hydrogens is 267 g/mol. The van der Waals surface area contributed by atoms with E-state index in [0.717, 1.165) is 17.7 Å². The summed E-state index contributed by atoms with van der Waals surface area (Å²) in [6.45, 7) is 0.653. The van der Waals surface area contributed by atoms with Crippen molar-refractivity contribution in [2.24, 2.45) is 0 Å². The van der Waals surface area contributed by atoms with Crippen molar-refractivity contribution >= 4 is 11.6 Å². The highest BCUT2D eigenvalue weighted by atomic mass is 35.5. The average Bonchev–Trinajstić information content (AvgIpc) is 2.88. The van der Waals surface area contributed by atoms with E-state index in [1.807, 2.05) is 12.1 Å². The monoisotopic (exact) mass is 278 g/mol. The van der Waals surface area contributed by atoms with Crippen LogP contribution in [0.2, 0.25) is 5.02 Å². The maximum absolute atomic E-state index is 13.9. The van der Waals surface area contributed by atoms with Crippen LogP contribution in [0.4, 0.5) is 4.39 Å². The standard InChI is InChI=1S/C15H12ClFO2/c16-12-3-1-2-11(14(12)17)15(18)10-4-5-13-9(8-10)6-7-19-13/h1-5,8,15,18H,6-7H2. The number of hydrogen-bond acceptors (Lipinski definition) is 2. The quantitative estimate of drug-likeness (QED) is 0.911. The molecule has 0 bridgehead atoms. The van der Waals surface area contributed by atoms with E-state index in [0.29, 0.717) is 12.2 Å². The van der Waals surface area contributed by atoms with Crippen LogP contribution in [0.15, 0.2) is 36.4 Å². The number of benzene rings is 2. The molecule has 1 atom stereocenters. The maximum atomic E-state index is 13.9. The summed E-state index contributed by atoms with van der Waals surface area (Å²) < 4.78 is 19.3. The van der Waals surface area contributed by atoms with E-state index in [1.165, 1.54) is 12.1 Å². The summed E-state index contributed by atoms with van der Waals surface area (Å²) in [5.74, 6) is 0.260. The fourth-order valence-electron chi connectivity index (χ4n) is 2.29. The van der Waals surface area contributed by atoms with E-state index in [1.54, 1.807) is 12.1 Å². The molecule has 2 nitrogen and oxygen atoms in total. The molecule has 2 aromatic rings. The summed E-state index contributed by atoms with van der Waals surface area (Å²) in [5.41, 5.74) is 1.87. The Balaban J connectivity index is 2.00. The Kier molecular flexibility index (Phi) is 3.17. The minimum Gasteiger partial charge on any atom is -0.493 e. The first-order valence-electron chi connectivity index (χ1n) is 6.04. The fraction of sp³-hybridized carbons (Fsp3) is 0.200. The van der Waals surface area contributed by atoms with Crippen LogP contribution >= 0.6 is 11.6 Å². The molecule has 1 heterocycles. The molecule has 0 aromatic heterocycles. The number of aliphatic hydroxyl groups excluding tert-OH is 1. The number of fused-ring (bicyclic) bond motifs is 1. The SMILES string of the molecule is OC(c1ccc2c(c1)CCO2)c1cccc(Cl)c1F. The van der Waals surface area contributed by atoms with Gasteiger partial charge in [0, 0.05) is 12.0 Å². The third kappa shape index (κ3) is 2.20. The van der Waals surface area contributed by atoms with Crippen LogP contribution in [0.5, 0.6) is 5.75 Å². The summed E-state index contributed by atoms with van der Waals surface area (Å²) >= 11 is 5.73. The summed E-state index contributed by atoms with van der Waals surface area (Å²) in [7, 11) is 0. The van der Waals surface area contributed by atoms with Gasteiger partial charge in [-0.2, -0.15) is 0 Å². The first-order valence-corrected chi connectivity index (χ1v) is 6.42. The Hall–Kier alpha value is -1.58. The van der Waals surface area contributed by atoms with Crippen molar-refractivity contribution in [3.63, 3.8) is 0 Å². The van der Waals surface area contributed by atoms with Crippen molar-refractivity contribution in [2.75, 3.05) is 6.61 Å². The smallest absolute Gasteiger partial charge is 0.147 e. The molecule has 0 saturated heterocycles. The summed E-state index contributed by atoms with van der Waals surface area (Å²) in [6.07, 6.45) is -0.210. The van der Waals surface area contributed by atoms with E-state index in [-0.39, 0.29) is 10.6 Å². The second-order valence-electron chi connectivity index (χ2n) is 4.51. The molecule has 2 aromatic carbocycles. The van der Waals surface area contributed by atoms with Crippen molar-refractivity contribution in [3.05, 3.63) is 63.9 Å². The topological polar surface area (TPSA) is 29.5 Å². The van der Waals surface area contributed by atoms with E-state index >= 15 is 0 Å². The Morgan fingerprint density at radius 3 is 2.95 bits per heavy atom. The molecule has 4 heteroatoms. The van der Waals surface area contributed by atoms with Crippen LogP contribution in [0.1, 0.15) is 22.8 Å². The fourth-order valence-corrected chi connectivity index (χ4v) is 2.47. The van der Waals surface area contributed by atoms with Gasteiger partial charge in [-0.15, -0.1) is 0 Å². The lowest BCUT2D eigenvalue weighted by atomic mass is 9.98. The molecule has 0 saturated carbocycles. The highest BCUT2D eigenvalue weighted by molar-refractivity contribution is 6.30. The molecule has 1 N–H and O–H groups in total. The zero-order valence-electron chi connectivity index (χ0n) is 10.1. The highest BCUT2D eigenvalue weighted by Gasteiger charge is 2.19. The van der Waals surface area contributed by atoms with E-state index in [9.17, 15) is 9.50 Å². The van der Waals surface area contributed by atoms with Crippen molar-refractivity contribution < 1.29 is 14.2 Å². The third-order valence-corrected chi connectivity index (χ3v) is 3.60. The minimum absolute atomic E-state index is 0.0149. The van der Waals surface area contributed by atoms with Crippen LogP contribution < -0.4 is 4.74 Å². The minimum atomic E-state index is -1.02. The predicted octanol–water partition coefficient (Wildman–Crippen LogP) is 3.50. The molecular formula is C15H12ClFO2. The van der Waals surface area contributed by atoms with Gasteiger partial charge in [0.25, 0.3) is 0 Å². The van der Waals surface area contributed by atoms with Crippen molar-refractivity contribution in [2.45, 2.75) is 12.5 Å². The lowest BCUT2D eigenvalue weighted by Gasteiger charge is -2.14. The van der Waals surface area contributed by atoms with E-state index < -0.39 is 11.9 Å². The Labute approximate surface area is 115 Å². The van der Waals surface area contributed by atoms with E-state index in [4.69, 9.17) is 16.3 Å². The number of aliphatic hydroxyl groups is 1. The predicted molar refractivity (Wildman–Crippen MR) is 71.1 cm³/mol. The molecule has 19 heavy (non-hydrogen) atoms. The van der Waals surface area contributed by atoms with Crippen molar-refractivity contribution in [3.8, 4) is 5.75 Å². The average molecular weight is 279 g/mol. The molecule has 3 rings (SSSR count). The van der Waals surface area contributed by atoms with Gasteiger partial charge < -0.3 is 9.84 Å². The summed E-state index contributed by atoms with van der Waals surface area (Å²) in [6, 6.07) is 10.0. The van der Waals surface area contributed by atoms with E-state index in [2.05, 4.69) is 0 Å². The largest absolute Gasteiger partial charge is 0.493 e. The van der Waals surface area contributed by atoms with Crippen LogP contribution in [-0.2, 0) is 6.42 Å². The van der Waals surface area contributed by atoms with Gasteiger partial charge in [-0.1, -0.05) is 29.8 Å². The molecule has 0 radical (unpaired) electrons. The molecule has 0 aliphatic carbocycles. The van der Waals surface area contributed by atoms with Crippen LogP contribution in [0.25, 0.3) is 0 Å². The molecule has 1 aliphatic heterocycles. The number of ether oxygens (including phenoxy) is 1. The van der Waals surface area contributed by atoms with Crippen molar-refractivity contribution in [1.29, 1.82) is 0 Å². The van der Waals surface area contributed by atoms with Crippen LogP contribution in [0.3, 0.4) is 0 Å². The van der Waals surface area contributed by atoms with Gasteiger partial charge in [-0.3, -0.25) is 0 Å². The number of hydrogen-bond donors (Lipinski definition) is 1. The molecule has 0 fully saturated rings. The van der Waals surface area contributed by atoms with Crippen LogP contribution in [0, 0.1) is 5.82 Å². The van der Waals surface area contributed by atoms with Gasteiger partial charge in [0.15, 0.2) is 0 Å². The van der Waals surface area contributed by atoms with Gasteiger partial charge in [0.2, 0.25) is 0 Å². The van der Waals surface area contributed by atoms with Gasteiger partial charge in [-0.05, 0) is 29.3 Å². The first kappa shape index (κ1) is 12.5. The second kappa shape index (κ2) is 4.83. The molecule has 0 spiro atoms. The number of halogens is 2. The highest BCUT2D eigenvalue weighted by Crippen LogP contribution is 2.32. The van der Waals surface area contributed by atoms with Crippen molar-refractivity contribution in [1.82, 2.24) is 0 Å². The van der Waals surface area contributed by atoms with Gasteiger partial charge in [0.1, 0.15) is 17.7 Å². The zero-order chi connectivity index (χ0) is 13.4. The Morgan fingerprint density at radius 1 is 1.26 bits per heavy atom. The molecule has 1 unspecified atom stereocenters. The maximum Gasteiger partial charge on any atom is 0.147 e. The Bertz CT molecular complexity index is 628. The Morgan fingerprint density at radius 2 is 2.11 bits per heavy atom. The van der Waals surface area contributed by atoms with Gasteiger partial charge in [-0.25, -0.2) is 4.39 Å². The number of rotatable bonds is 2. The molecule has 0 amide bonds. The second-order valence-corrected chi connectivity index (χ2v) is 4.92. The zero-order valence-corrected chi connectivity index (χ0v) is 10.8. The van der Waals surface area contributed by atoms with Gasteiger partial charge in [0.05, 0.1) is 11.6 Å². The van der Waals surface area contributed by atoms with Crippen LogP contribution in [-0.4, -0.2) is 11.7 Å². The third-order valence-electron chi connectivity index (χ3n) is 3.31. The normalized spacial score (nSPS) is 14.9.